The quantitative estimate of drug-likeness (QED) is 0.732. The average Bonchev–Trinajstić information content (AvgIpc) is 2.42. The lowest BCUT2D eigenvalue weighted by atomic mass is 10.1. The second-order valence-corrected chi connectivity index (χ2v) is 4.32. The predicted octanol–water partition coefficient (Wildman–Crippen LogP) is 1.30. The van der Waals surface area contributed by atoms with E-state index in [1.807, 2.05) is 25.1 Å². The fourth-order valence-corrected chi connectivity index (χ4v) is 1.99. The van der Waals surface area contributed by atoms with Gasteiger partial charge in [0.1, 0.15) is 6.54 Å². The molecule has 4 nitrogen and oxygen atoms in total. The van der Waals surface area contributed by atoms with Gasteiger partial charge in [0.05, 0.1) is 11.3 Å². The molecule has 0 aromatic heterocycles. The topological polar surface area (TPSA) is 40.6 Å². The summed E-state index contributed by atoms with van der Waals surface area (Å²) in [4.78, 5) is 27.0. The minimum atomic E-state index is -0.0898. The maximum Gasteiger partial charge on any atom is 0.256 e. The monoisotopic (exact) mass is 232 g/mol. The molecule has 1 heterocycles. The molecular formula is C13H16N2O2. The van der Waals surface area contributed by atoms with E-state index in [2.05, 4.69) is 0 Å². The van der Waals surface area contributed by atoms with Crippen molar-refractivity contribution in [2.24, 2.45) is 0 Å². The van der Waals surface area contributed by atoms with Crippen LogP contribution < -0.4 is 4.90 Å². The van der Waals surface area contributed by atoms with Gasteiger partial charge in [-0.2, -0.15) is 0 Å². The van der Waals surface area contributed by atoms with Crippen LogP contribution in [0.3, 0.4) is 0 Å². The highest BCUT2D eigenvalue weighted by Gasteiger charge is 2.27. The van der Waals surface area contributed by atoms with Crippen LogP contribution in [0.1, 0.15) is 22.8 Å². The maximum atomic E-state index is 12.1. The van der Waals surface area contributed by atoms with E-state index in [9.17, 15) is 9.59 Å². The van der Waals surface area contributed by atoms with Gasteiger partial charge in [0.25, 0.3) is 5.91 Å². The third-order valence-corrected chi connectivity index (χ3v) is 3.15. The van der Waals surface area contributed by atoms with Gasteiger partial charge in [0.2, 0.25) is 5.91 Å². The summed E-state index contributed by atoms with van der Waals surface area (Å²) in [6, 6.07) is 5.69. The number of likely N-dealkylation sites (N-methyl/N-ethyl adjacent to an activating group) is 2. The number of anilines is 1. The van der Waals surface area contributed by atoms with Crippen molar-refractivity contribution in [1.29, 1.82) is 0 Å². The minimum Gasteiger partial charge on any atom is -0.332 e. The number of carbonyl (C=O) groups excluding carboxylic acids is 2. The van der Waals surface area contributed by atoms with E-state index in [4.69, 9.17) is 0 Å². The molecule has 2 amide bonds. The Bertz CT molecular complexity index is 482. The zero-order valence-electron chi connectivity index (χ0n) is 10.4. The molecule has 0 unspecified atom stereocenters. The smallest absolute Gasteiger partial charge is 0.256 e. The number of rotatable bonds is 1. The Morgan fingerprint density at radius 1 is 1.24 bits per heavy atom. The van der Waals surface area contributed by atoms with Gasteiger partial charge < -0.3 is 9.80 Å². The van der Waals surface area contributed by atoms with Crippen LogP contribution in [0.15, 0.2) is 18.2 Å². The summed E-state index contributed by atoms with van der Waals surface area (Å²) in [5.41, 5.74) is 2.41. The second-order valence-electron chi connectivity index (χ2n) is 4.32. The Labute approximate surface area is 101 Å². The summed E-state index contributed by atoms with van der Waals surface area (Å²) >= 11 is 0. The Balaban J connectivity index is 2.59. The Hall–Kier alpha value is -1.84. The Morgan fingerprint density at radius 3 is 2.59 bits per heavy atom. The highest BCUT2D eigenvalue weighted by atomic mass is 16.2. The van der Waals surface area contributed by atoms with Gasteiger partial charge in [-0.05, 0) is 24.1 Å². The van der Waals surface area contributed by atoms with Crippen molar-refractivity contribution in [2.75, 3.05) is 25.5 Å². The van der Waals surface area contributed by atoms with E-state index in [-0.39, 0.29) is 18.4 Å². The largest absolute Gasteiger partial charge is 0.332 e. The molecule has 90 valence electrons. The average molecular weight is 232 g/mol. The molecule has 0 saturated heterocycles. The standard InChI is InChI=1S/C13H16N2O2/c1-4-9-5-6-11-10(7-9)13(17)14(2)8-12(16)15(11)3/h5-7H,4,8H2,1-3H3. The number of carbonyl (C=O) groups is 2. The molecular weight excluding hydrogens is 216 g/mol. The number of benzene rings is 1. The van der Waals surface area contributed by atoms with Crippen molar-refractivity contribution in [2.45, 2.75) is 13.3 Å². The number of aryl methyl sites for hydroxylation is 1. The van der Waals surface area contributed by atoms with Gasteiger partial charge in [0, 0.05) is 14.1 Å². The lowest BCUT2D eigenvalue weighted by molar-refractivity contribution is -0.118. The van der Waals surface area contributed by atoms with Gasteiger partial charge in [-0.15, -0.1) is 0 Å². The van der Waals surface area contributed by atoms with Crippen molar-refractivity contribution in [3.63, 3.8) is 0 Å². The van der Waals surface area contributed by atoms with Crippen LogP contribution in [-0.2, 0) is 11.2 Å². The summed E-state index contributed by atoms with van der Waals surface area (Å²) in [5.74, 6) is -0.156. The van der Waals surface area contributed by atoms with Crippen LogP contribution in [0.25, 0.3) is 0 Å². The normalized spacial score (nSPS) is 15.9. The number of nitrogens with zero attached hydrogens (tertiary/aromatic N) is 2. The third-order valence-electron chi connectivity index (χ3n) is 3.15. The van der Waals surface area contributed by atoms with Crippen LogP contribution in [0.4, 0.5) is 5.69 Å². The van der Waals surface area contributed by atoms with Crippen molar-refractivity contribution in [1.82, 2.24) is 4.90 Å². The molecule has 0 aliphatic carbocycles. The summed E-state index contributed by atoms with van der Waals surface area (Å²) in [7, 11) is 3.36. The second kappa shape index (κ2) is 4.20. The summed E-state index contributed by atoms with van der Waals surface area (Å²) in [6.07, 6.45) is 0.877. The minimum absolute atomic E-state index is 0.0659. The molecule has 1 aromatic carbocycles. The van der Waals surface area contributed by atoms with Crippen LogP contribution in [0, 0.1) is 0 Å². The lowest BCUT2D eigenvalue weighted by Crippen LogP contribution is -2.35. The number of hydrogen-bond acceptors (Lipinski definition) is 2. The number of amides is 2. The first kappa shape index (κ1) is 11.6. The van der Waals surface area contributed by atoms with Crippen molar-refractivity contribution in [3.05, 3.63) is 29.3 Å². The molecule has 1 aromatic rings. The van der Waals surface area contributed by atoms with E-state index in [1.165, 1.54) is 4.90 Å². The van der Waals surface area contributed by atoms with Gasteiger partial charge in [0.15, 0.2) is 0 Å². The molecule has 0 bridgehead atoms. The van der Waals surface area contributed by atoms with Crippen molar-refractivity contribution in [3.8, 4) is 0 Å². The first-order valence-electron chi connectivity index (χ1n) is 5.69. The molecule has 0 atom stereocenters. The van der Waals surface area contributed by atoms with E-state index in [0.29, 0.717) is 11.3 Å². The fraction of sp³-hybridized carbons (Fsp3) is 0.385. The van der Waals surface area contributed by atoms with Crippen LogP contribution >= 0.6 is 0 Å². The zero-order chi connectivity index (χ0) is 12.6. The van der Waals surface area contributed by atoms with Crippen LogP contribution in [-0.4, -0.2) is 37.4 Å². The first-order chi connectivity index (χ1) is 8.04. The van der Waals surface area contributed by atoms with E-state index < -0.39 is 0 Å². The summed E-state index contributed by atoms with van der Waals surface area (Å²) < 4.78 is 0. The van der Waals surface area contributed by atoms with Crippen molar-refractivity contribution >= 4 is 17.5 Å². The molecule has 0 fully saturated rings. The van der Waals surface area contributed by atoms with Crippen LogP contribution in [0.2, 0.25) is 0 Å². The van der Waals surface area contributed by atoms with Gasteiger partial charge in [-0.1, -0.05) is 13.0 Å². The third kappa shape index (κ3) is 1.90. The number of hydrogen-bond donors (Lipinski definition) is 0. The van der Waals surface area contributed by atoms with Crippen LogP contribution in [0.5, 0.6) is 0 Å². The first-order valence-corrected chi connectivity index (χ1v) is 5.69. The molecule has 17 heavy (non-hydrogen) atoms. The molecule has 2 rings (SSSR count). The highest BCUT2D eigenvalue weighted by Crippen LogP contribution is 2.25. The predicted molar refractivity (Wildman–Crippen MR) is 66.2 cm³/mol. The van der Waals surface area contributed by atoms with E-state index in [0.717, 1.165) is 12.0 Å². The highest BCUT2D eigenvalue weighted by molar-refractivity contribution is 6.09. The molecule has 4 heteroatoms. The van der Waals surface area contributed by atoms with Crippen molar-refractivity contribution < 1.29 is 9.59 Å². The number of fused-ring (bicyclic) bond motifs is 1. The van der Waals surface area contributed by atoms with Gasteiger partial charge in [-0.25, -0.2) is 0 Å². The summed E-state index contributed by atoms with van der Waals surface area (Å²) in [5, 5.41) is 0. The Kier molecular flexibility index (Phi) is 2.88. The van der Waals surface area contributed by atoms with E-state index in [1.54, 1.807) is 19.0 Å². The SMILES string of the molecule is CCc1ccc2c(c1)C(=O)N(C)CC(=O)N2C. The molecule has 0 radical (unpaired) electrons. The summed E-state index contributed by atoms with van der Waals surface area (Å²) in [6.45, 7) is 2.17. The lowest BCUT2D eigenvalue weighted by Gasteiger charge is -2.16. The molecule has 1 aliphatic rings. The fourth-order valence-electron chi connectivity index (χ4n) is 1.99. The van der Waals surface area contributed by atoms with E-state index >= 15 is 0 Å². The molecule has 1 aliphatic heterocycles. The van der Waals surface area contributed by atoms with Gasteiger partial charge >= 0.3 is 0 Å². The molecule has 0 N–H and O–H groups in total. The Morgan fingerprint density at radius 2 is 1.94 bits per heavy atom. The maximum absolute atomic E-state index is 12.1. The molecule has 0 saturated carbocycles. The van der Waals surface area contributed by atoms with Gasteiger partial charge in [-0.3, -0.25) is 9.59 Å². The zero-order valence-corrected chi connectivity index (χ0v) is 10.4. The molecule has 0 spiro atoms.